The van der Waals surface area contributed by atoms with Crippen molar-refractivity contribution in [2.45, 2.75) is 23.3 Å². The highest BCUT2D eigenvalue weighted by Crippen LogP contribution is 2.35. The molecule has 0 aliphatic rings. The van der Waals surface area contributed by atoms with Crippen molar-refractivity contribution in [2.75, 3.05) is 6.54 Å². The number of benzene rings is 2. The SMILES string of the molecule is Cc1c(Sc2ccccc2CCN)[nH]c2ccccc12. The third-order valence-corrected chi connectivity index (χ3v) is 4.75. The van der Waals surface area contributed by atoms with Gasteiger partial charge in [0.15, 0.2) is 0 Å². The van der Waals surface area contributed by atoms with E-state index >= 15 is 0 Å². The molecule has 0 bridgehead atoms. The Balaban J connectivity index is 1.99. The molecular formula is C17H18N2S. The van der Waals surface area contributed by atoms with Gasteiger partial charge in [0.2, 0.25) is 0 Å². The number of H-pyrrole nitrogens is 1. The first kappa shape index (κ1) is 13.3. The Labute approximate surface area is 123 Å². The maximum Gasteiger partial charge on any atom is 0.0810 e. The van der Waals surface area contributed by atoms with Gasteiger partial charge in [-0.15, -0.1) is 0 Å². The van der Waals surface area contributed by atoms with Gasteiger partial charge in [-0.25, -0.2) is 0 Å². The fraction of sp³-hybridized carbons (Fsp3) is 0.176. The Morgan fingerprint density at radius 3 is 2.60 bits per heavy atom. The number of hydrogen-bond donors (Lipinski definition) is 2. The molecule has 0 saturated heterocycles. The van der Waals surface area contributed by atoms with Crippen LogP contribution in [0, 0.1) is 6.92 Å². The summed E-state index contributed by atoms with van der Waals surface area (Å²) in [6, 6.07) is 16.9. The molecule has 0 radical (unpaired) electrons. The number of aromatic nitrogens is 1. The van der Waals surface area contributed by atoms with Crippen molar-refractivity contribution < 1.29 is 0 Å². The van der Waals surface area contributed by atoms with Gasteiger partial charge < -0.3 is 10.7 Å². The monoisotopic (exact) mass is 282 g/mol. The van der Waals surface area contributed by atoms with Crippen molar-refractivity contribution >= 4 is 22.7 Å². The van der Waals surface area contributed by atoms with E-state index in [-0.39, 0.29) is 0 Å². The van der Waals surface area contributed by atoms with Crippen molar-refractivity contribution in [2.24, 2.45) is 5.73 Å². The van der Waals surface area contributed by atoms with Gasteiger partial charge in [-0.3, -0.25) is 0 Å². The molecule has 0 saturated carbocycles. The number of nitrogens with one attached hydrogen (secondary N) is 1. The van der Waals surface area contributed by atoms with E-state index in [0.717, 1.165) is 6.42 Å². The second kappa shape index (κ2) is 5.73. The zero-order valence-corrected chi connectivity index (χ0v) is 12.3. The Bertz CT molecular complexity index is 731. The van der Waals surface area contributed by atoms with E-state index in [1.165, 1.54) is 32.0 Å². The summed E-state index contributed by atoms with van der Waals surface area (Å²) in [5.74, 6) is 0. The van der Waals surface area contributed by atoms with Gasteiger partial charge in [0.05, 0.1) is 5.03 Å². The van der Waals surface area contributed by atoms with Crippen LogP contribution >= 0.6 is 11.8 Å². The van der Waals surface area contributed by atoms with Gasteiger partial charge in [-0.05, 0) is 43.1 Å². The van der Waals surface area contributed by atoms with Crippen LogP contribution in [-0.4, -0.2) is 11.5 Å². The third-order valence-electron chi connectivity index (χ3n) is 3.52. The molecule has 2 aromatic carbocycles. The Morgan fingerprint density at radius 1 is 1.05 bits per heavy atom. The summed E-state index contributed by atoms with van der Waals surface area (Å²) in [6.07, 6.45) is 0.919. The van der Waals surface area contributed by atoms with E-state index in [4.69, 9.17) is 5.73 Å². The van der Waals surface area contributed by atoms with Crippen molar-refractivity contribution in [1.82, 2.24) is 4.98 Å². The molecule has 0 amide bonds. The van der Waals surface area contributed by atoms with Gasteiger partial charge in [0, 0.05) is 15.8 Å². The standard InChI is InChI=1S/C17H18N2S/c1-12-14-7-3-4-8-15(14)19-17(12)20-16-9-5-2-6-13(16)10-11-18/h2-9,19H,10-11,18H2,1H3. The van der Waals surface area contributed by atoms with Crippen LogP contribution in [0.4, 0.5) is 0 Å². The van der Waals surface area contributed by atoms with Crippen LogP contribution in [0.3, 0.4) is 0 Å². The lowest BCUT2D eigenvalue weighted by Gasteiger charge is -2.07. The van der Waals surface area contributed by atoms with E-state index in [1.807, 2.05) is 0 Å². The first-order valence-electron chi connectivity index (χ1n) is 6.82. The second-order valence-corrected chi connectivity index (χ2v) is 5.93. The van der Waals surface area contributed by atoms with Crippen molar-refractivity contribution in [1.29, 1.82) is 0 Å². The molecule has 1 heterocycles. The minimum Gasteiger partial charge on any atom is -0.349 e. The average Bonchev–Trinajstić information content (AvgIpc) is 2.79. The highest BCUT2D eigenvalue weighted by molar-refractivity contribution is 7.99. The fourth-order valence-corrected chi connectivity index (χ4v) is 3.53. The Kier molecular flexibility index (Phi) is 3.81. The lowest BCUT2D eigenvalue weighted by Crippen LogP contribution is -2.03. The molecule has 1 aromatic heterocycles. The molecule has 2 nitrogen and oxygen atoms in total. The quantitative estimate of drug-likeness (QED) is 0.755. The van der Waals surface area contributed by atoms with Gasteiger partial charge in [0.25, 0.3) is 0 Å². The maximum absolute atomic E-state index is 5.70. The van der Waals surface area contributed by atoms with Crippen molar-refractivity contribution in [3.05, 3.63) is 59.7 Å². The summed E-state index contributed by atoms with van der Waals surface area (Å²) < 4.78 is 0. The highest BCUT2D eigenvalue weighted by Gasteiger charge is 2.10. The highest BCUT2D eigenvalue weighted by atomic mass is 32.2. The molecule has 3 N–H and O–H groups in total. The topological polar surface area (TPSA) is 41.8 Å². The molecule has 0 aliphatic heterocycles. The third kappa shape index (κ3) is 2.47. The second-order valence-electron chi connectivity index (χ2n) is 4.87. The van der Waals surface area contributed by atoms with Crippen LogP contribution in [0.5, 0.6) is 0 Å². The summed E-state index contributed by atoms with van der Waals surface area (Å²) in [5.41, 5.74) is 9.53. The summed E-state index contributed by atoms with van der Waals surface area (Å²) in [4.78, 5) is 4.80. The minimum atomic E-state index is 0.684. The number of nitrogens with two attached hydrogens (primary N) is 1. The molecule has 102 valence electrons. The summed E-state index contributed by atoms with van der Waals surface area (Å²) in [7, 11) is 0. The van der Waals surface area contributed by atoms with Crippen molar-refractivity contribution in [3.63, 3.8) is 0 Å². The normalized spacial score (nSPS) is 11.1. The summed E-state index contributed by atoms with van der Waals surface area (Å²) in [6.45, 7) is 2.86. The lowest BCUT2D eigenvalue weighted by atomic mass is 10.1. The Hall–Kier alpha value is -1.71. The largest absolute Gasteiger partial charge is 0.349 e. The maximum atomic E-state index is 5.70. The smallest absolute Gasteiger partial charge is 0.0810 e. The van der Waals surface area contributed by atoms with Crippen LogP contribution < -0.4 is 5.73 Å². The molecule has 3 heteroatoms. The number of rotatable bonds is 4. The zero-order valence-electron chi connectivity index (χ0n) is 11.5. The van der Waals surface area contributed by atoms with Crippen LogP contribution in [0.1, 0.15) is 11.1 Å². The summed E-state index contributed by atoms with van der Waals surface area (Å²) in [5, 5.41) is 2.52. The van der Waals surface area contributed by atoms with Crippen LogP contribution in [0.2, 0.25) is 0 Å². The molecule has 0 fully saturated rings. The number of fused-ring (bicyclic) bond motifs is 1. The lowest BCUT2D eigenvalue weighted by molar-refractivity contribution is 0.944. The predicted molar refractivity (Wildman–Crippen MR) is 86.4 cm³/mol. The molecule has 0 atom stereocenters. The number of aromatic amines is 1. The molecule has 20 heavy (non-hydrogen) atoms. The molecule has 3 aromatic rings. The van der Waals surface area contributed by atoms with E-state index in [0.29, 0.717) is 6.54 Å². The minimum absolute atomic E-state index is 0.684. The first-order chi connectivity index (χ1) is 9.79. The van der Waals surface area contributed by atoms with E-state index in [9.17, 15) is 0 Å². The molecular weight excluding hydrogens is 264 g/mol. The molecule has 3 rings (SSSR count). The van der Waals surface area contributed by atoms with Crippen molar-refractivity contribution in [3.8, 4) is 0 Å². The molecule has 0 spiro atoms. The molecule has 0 unspecified atom stereocenters. The zero-order chi connectivity index (χ0) is 13.9. The average molecular weight is 282 g/mol. The van der Waals surface area contributed by atoms with E-state index in [2.05, 4.69) is 60.4 Å². The number of hydrogen-bond acceptors (Lipinski definition) is 2. The van der Waals surface area contributed by atoms with Crippen LogP contribution in [0.15, 0.2) is 58.5 Å². The van der Waals surface area contributed by atoms with E-state index in [1.54, 1.807) is 11.8 Å². The Morgan fingerprint density at radius 2 is 1.80 bits per heavy atom. The number of para-hydroxylation sites is 1. The van der Waals surface area contributed by atoms with E-state index < -0.39 is 0 Å². The summed E-state index contributed by atoms with van der Waals surface area (Å²) >= 11 is 1.80. The molecule has 0 aliphatic carbocycles. The van der Waals surface area contributed by atoms with Gasteiger partial charge in [-0.1, -0.05) is 48.2 Å². The number of aryl methyl sites for hydroxylation is 1. The van der Waals surface area contributed by atoms with Crippen LogP contribution in [0.25, 0.3) is 10.9 Å². The van der Waals surface area contributed by atoms with Gasteiger partial charge in [0.1, 0.15) is 0 Å². The first-order valence-corrected chi connectivity index (χ1v) is 7.64. The predicted octanol–water partition coefficient (Wildman–Crippen LogP) is 4.13. The fourth-order valence-electron chi connectivity index (χ4n) is 2.43. The van der Waals surface area contributed by atoms with Gasteiger partial charge >= 0.3 is 0 Å². The van der Waals surface area contributed by atoms with Crippen LogP contribution in [-0.2, 0) is 6.42 Å². The van der Waals surface area contributed by atoms with Gasteiger partial charge in [-0.2, -0.15) is 0 Å².